The van der Waals surface area contributed by atoms with E-state index in [1.165, 1.54) is 0 Å². The van der Waals surface area contributed by atoms with Crippen LogP contribution in [0, 0.1) is 0 Å². The zero-order valence-corrected chi connectivity index (χ0v) is 15.1. The molecule has 7 heteroatoms. The lowest BCUT2D eigenvalue weighted by atomic mass is 9.86. The van der Waals surface area contributed by atoms with Gasteiger partial charge in [-0.1, -0.05) is 6.92 Å². The lowest BCUT2D eigenvalue weighted by molar-refractivity contribution is -0.114. The molecule has 2 N–H and O–H groups in total. The van der Waals surface area contributed by atoms with Gasteiger partial charge in [-0.2, -0.15) is 0 Å². The van der Waals surface area contributed by atoms with Crippen molar-refractivity contribution in [1.29, 1.82) is 0 Å². The maximum Gasteiger partial charge on any atom is 0.289 e. The number of nitrogens with zero attached hydrogens (tertiary/aromatic N) is 3. The molecule has 0 radical (unpaired) electrons. The predicted octanol–water partition coefficient (Wildman–Crippen LogP) is 0.375. The fourth-order valence-electron chi connectivity index (χ4n) is 3.52. The number of piperazine rings is 1. The minimum Gasteiger partial charge on any atom is -0.455 e. The van der Waals surface area contributed by atoms with Crippen molar-refractivity contribution < 1.29 is 19.4 Å². The Morgan fingerprint density at radius 1 is 1.28 bits per heavy atom. The molecule has 0 aliphatic carbocycles. The number of β-amino-alcohol motifs (C(OH)–C–C–N with tert-alkyl or cyclic N) is 1. The standard InChI is InChI=1S/C18H29N3O4/c1-3-18(24)6-7-21(13-16(18)22)17(23)15-5-4-14(25-15)12-20-10-8-19(2)9-11-20/h4-5,16,22,24H,3,6-13H2,1-2H3/t16-,18-/m1/s1. The van der Waals surface area contributed by atoms with Gasteiger partial charge in [-0.3, -0.25) is 9.69 Å². The fourth-order valence-corrected chi connectivity index (χ4v) is 3.52. The Balaban J connectivity index is 1.58. The number of amides is 1. The summed E-state index contributed by atoms with van der Waals surface area (Å²) in [6.07, 6.45) is -0.0628. The summed E-state index contributed by atoms with van der Waals surface area (Å²) in [5.74, 6) is 0.871. The minimum atomic E-state index is -1.09. The van der Waals surface area contributed by atoms with Crippen LogP contribution in [0.2, 0.25) is 0 Å². The van der Waals surface area contributed by atoms with Crippen LogP contribution in [0.15, 0.2) is 16.5 Å². The van der Waals surface area contributed by atoms with E-state index in [4.69, 9.17) is 4.42 Å². The summed E-state index contributed by atoms with van der Waals surface area (Å²) >= 11 is 0. The number of hydrogen-bond acceptors (Lipinski definition) is 6. The Hall–Kier alpha value is -1.41. The monoisotopic (exact) mass is 351 g/mol. The van der Waals surface area contributed by atoms with Crippen LogP contribution in [-0.4, -0.2) is 88.8 Å². The van der Waals surface area contributed by atoms with E-state index in [1.807, 2.05) is 13.0 Å². The number of carbonyl (C=O) groups excluding carboxylic acids is 1. The summed E-state index contributed by atoms with van der Waals surface area (Å²) in [6, 6.07) is 3.56. The molecule has 0 unspecified atom stereocenters. The molecule has 0 saturated carbocycles. The first-order chi connectivity index (χ1) is 11.9. The maximum absolute atomic E-state index is 12.6. The summed E-state index contributed by atoms with van der Waals surface area (Å²) in [6.45, 7) is 7.18. The van der Waals surface area contributed by atoms with Crippen LogP contribution < -0.4 is 0 Å². The van der Waals surface area contributed by atoms with E-state index in [2.05, 4.69) is 16.8 Å². The molecular weight excluding hydrogens is 322 g/mol. The second kappa shape index (κ2) is 7.45. The van der Waals surface area contributed by atoms with E-state index in [1.54, 1.807) is 11.0 Å². The van der Waals surface area contributed by atoms with E-state index in [0.717, 1.165) is 31.9 Å². The Morgan fingerprint density at radius 2 is 2.00 bits per heavy atom. The van der Waals surface area contributed by atoms with Gasteiger partial charge in [0.05, 0.1) is 12.1 Å². The number of likely N-dealkylation sites (tertiary alicyclic amines) is 1. The molecule has 2 saturated heterocycles. The van der Waals surface area contributed by atoms with Crippen molar-refractivity contribution in [3.63, 3.8) is 0 Å². The van der Waals surface area contributed by atoms with Gasteiger partial charge in [-0.15, -0.1) is 0 Å². The molecule has 2 aliphatic heterocycles. The lowest BCUT2D eigenvalue weighted by Gasteiger charge is -2.41. The van der Waals surface area contributed by atoms with Gasteiger partial charge in [0.25, 0.3) is 5.91 Å². The number of aliphatic hydroxyl groups is 2. The molecule has 2 aliphatic rings. The normalized spacial score (nSPS) is 29.1. The second-order valence-corrected chi connectivity index (χ2v) is 7.32. The molecule has 1 amide bonds. The first-order valence-corrected chi connectivity index (χ1v) is 9.10. The highest BCUT2D eigenvalue weighted by Gasteiger charge is 2.40. The van der Waals surface area contributed by atoms with Gasteiger partial charge < -0.3 is 24.4 Å². The van der Waals surface area contributed by atoms with Gasteiger partial charge in [0.2, 0.25) is 0 Å². The first kappa shape index (κ1) is 18.4. The highest BCUT2D eigenvalue weighted by Crippen LogP contribution is 2.27. The highest BCUT2D eigenvalue weighted by atomic mass is 16.4. The molecule has 25 heavy (non-hydrogen) atoms. The van der Waals surface area contributed by atoms with Crippen LogP contribution in [-0.2, 0) is 6.54 Å². The van der Waals surface area contributed by atoms with Crippen molar-refractivity contribution in [2.75, 3.05) is 46.3 Å². The van der Waals surface area contributed by atoms with Crippen LogP contribution in [0.4, 0.5) is 0 Å². The topological polar surface area (TPSA) is 80.4 Å². The zero-order valence-electron chi connectivity index (χ0n) is 15.1. The molecule has 0 aromatic carbocycles. The first-order valence-electron chi connectivity index (χ1n) is 9.10. The molecule has 0 spiro atoms. The van der Waals surface area contributed by atoms with Gasteiger partial charge in [0.15, 0.2) is 5.76 Å². The van der Waals surface area contributed by atoms with Gasteiger partial charge in [0.1, 0.15) is 11.9 Å². The molecule has 2 atom stereocenters. The Morgan fingerprint density at radius 3 is 2.64 bits per heavy atom. The molecule has 7 nitrogen and oxygen atoms in total. The fraction of sp³-hybridized carbons (Fsp3) is 0.722. The number of hydrogen-bond donors (Lipinski definition) is 2. The smallest absolute Gasteiger partial charge is 0.289 e. The number of aliphatic hydroxyl groups excluding tert-OH is 1. The molecule has 140 valence electrons. The van der Waals surface area contributed by atoms with Crippen molar-refractivity contribution in [3.05, 3.63) is 23.7 Å². The summed E-state index contributed by atoms with van der Waals surface area (Å²) in [5.41, 5.74) is -1.09. The Bertz CT molecular complexity index is 597. The quantitative estimate of drug-likeness (QED) is 0.816. The molecule has 3 heterocycles. The lowest BCUT2D eigenvalue weighted by Crippen LogP contribution is -2.56. The van der Waals surface area contributed by atoms with E-state index < -0.39 is 11.7 Å². The average molecular weight is 351 g/mol. The van der Waals surface area contributed by atoms with Gasteiger partial charge in [-0.25, -0.2) is 0 Å². The molecule has 1 aromatic heterocycles. The van der Waals surface area contributed by atoms with Crippen LogP contribution >= 0.6 is 0 Å². The number of likely N-dealkylation sites (N-methyl/N-ethyl adjacent to an activating group) is 1. The summed E-state index contributed by atoms with van der Waals surface area (Å²) in [5, 5.41) is 20.5. The van der Waals surface area contributed by atoms with E-state index in [-0.39, 0.29) is 12.5 Å². The van der Waals surface area contributed by atoms with Crippen molar-refractivity contribution in [2.24, 2.45) is 0 Å². The predicted molar refractivity (Wildman–Crippen MR) is 93.3 cm³/mol. The molecule has 3 rings (SSSR count). The SMILES string of the molecule is CC[C@@]1(O)CCN(C(=O)c2ccc(CN3CCN(C)CC3)o2)C[C@H]1O. The largest absolute Gasteiger partial charge is 0.455 e. The van der Waals surface area contributed by atoms with Crippen LogP contribution in [0.1, 0.15) is 36.1 Å². The van der Waals surface area contributed by atoms with E-state index >= 15 is 0 Å². The van der Waals surface area contributed by atoms with Gasteiger partial charge in [0, 0.05) is 39.3 Å². The summed E-state index contributed by atoms with van der Waals surface area (Å²) < 4.78 is 5.75. The van der Waals surface area contributed by atoms with Crippen molar-refractivity contribution in [1.82, 2.24) is 14.7 Å². The third-order valence-corrected chi connectivity index (χ3v) is 5.58. The molecule has 1 aromatic rings. The minimum absolute atomic E-state index is 0.137. The van der Waals surface area contributed by atoms with Crippen LogP contribution in [0.25, 0.3) is 0 Å². The maximum atomic E-state index is 12.6. The van der Waals surface area contributed by atoms with Crippen molar-refractivity contribution in [2.45, 2.75) is 38.0 Å². The molecule has 0 bridgehead atoms. The summed E-state index contributed by atoms with van der Waals surface area (Å²) in [4.78, 5) is 18.8. The van der Waals surface area contributed by atoms with Gasteiger partial charge >= 0.3 is 0 Å². The van der Waals surface area contributed by atoms with Crippen LogP contribution in [0.3, 0.4) is 0 Å². The number of rotatable bonds is 4. The Labute approximate surface area is 148 Å². The second-order valence-electron chi connectivity index (χ2n) is 7.32. The third kappa shape index (κ3) is 4.06. The highest BCUT2D eigenvalue weighted by molar-refractivity contribution is 5.91. The zero-order chi connectivity index (χ0) is 18.0. The number of furan rings is 1. The summed E-state index contributed by atoms with van der Waals surface area (Å²) in [7, 11) is 2.12. The molecular formula is C18H29N3O4. The Kier molecular flexibility index (Phi) is 5.48. The van der Waals surface area contributed by atoms with Crippen molar-refractivity contribution >= 4 is 5.91 Å². The van der Waals surface area contributed by atoms with E-state index in [0.29, 0.717) is 31.7 Å². The van der Waals surface area contributed by atoms with E-state index in [9.17, 15) is 15.0 Å². The average Bonchev–Trinajstić information content (AvgIpc) is 3.07. The number of piperidine rings is 1. The van der Waals surface area contributed by atoms with Crippen molar-refractivity contribution in [3.8, 4) is 0 Å². The van der Waals surface area contributed by atoms with Crippen LogP contribution in [0.5, 0.6) is 0 Å². The third-order valence-electron chi connectivity index (χ3n) is 5.58. The molecule has 2 fully saturated rings. The van der Waals surface area contributed by atoms with Gasteiger partial charge in [-0.05, 0) is 32.0 Å². The number of carbonyl (C=O) groups is 1.